The Morgan fingerprint density at radius 2 is 1.51 bits per heavy atom. The average molecular weight is 540 g/mol. The van der Waals surface area contributed by atoms with Gasteiger partial charge in [-0.15, -0.1) is 0 Å². The molecule has 7 heteroatoms. The maximum absolute atomic E-state index is 14.4. The molecule has 1 heterocycles. The Morgan fingerprint density at radius 1 is 0.846 bits per heavy atom. The molecule has 0 N–H and O–H groups in total. The second-order valence-corrected chi connectivity index (χ2v) is 12.3. The number of hydrogen-bond donors (Lipinski definition) is 0. The highest BCUT2D eigenvalue weighted by atomic mass is 32.2. The van der Waals surface area contributed by atoms with Gasteiger partial charge in [0.2, 0.25) is 10.0 Å². The van der Waals surface area contributed by atoms with E-state index < -0.39 is 16.1 Å². The lowest BCUT2D eigenvalue weighted by atomic mass is 10.1. The molecule has 0 radical (unpaired) electrons. The van der Waals surface area contributed by atoms with E-state index in [0.717, 1.165) is 10.9 Å². The molecule has 5 rings (SSSR count). The second kappa shape index (κ2) is 10.8. The molecule has 5 aromatic rings. The Morgan fingerprint density at radius 3 is 2.26 bits per heavy atom. The van der Waals surface area contributed by atoms with Crippen LogP contribution in [0.15, 0.2) is 101 Å². The zero-order valence-corrected chi connectivity index (χ0v) is 23.5. The Balaban J connectivity index is 1.75. The predicted molar refractivity (Wildman–Crippen MR) is 158 cm³/mol. The first-order chi connectivity index (χ1) is 18.7. The van der Waals surface area contributed by atoms with Crippen molar-refractivity contribution in [1.82, 2.24) is 13.9 Å². The van der Waals surface area contributed by atoms with Crippen molar-refractivity contribution in [2.75, 3.05) is 6.54 Å². The van der Waals surface area contributed by atoms with Crippen molar-refractivity contribution >= 4 is 31.7 Å². The highest BCUT2D eigenvalue weighted by molar-refractivity contribution is 7.89. The molecule has 4 aromatic carbocycles. The minimum atomic E-state index is -3.97. The number of nitrogens with zero attached hydrogens (tertiary/aromatic N) is 3. The van der Waals surface area contributed by atoms with E-state index >= 15 is 0 Å². The van der Waals surface area contributed by atoms with Gasteiger partial charge in [-0.25, -0.2) is 13.4 Å². The first kappa shape index (κ1) is 26.8. The number of hydrogen-bond acceptors (Lipinski definition) is 4. The van der Waals surface area contributed by atoms with Crippen molar-refractivity contribution in [3.8, 4) is 5.69 Å². The fourth-order valence-corrected chi connectivity index (χ4v) is 6.85. The monoisotopic (exact) mass is 539 g/mol. The van der Waals surface area contributed by atoms with Gasteiger partial charge in [0.1, 0.15) is 5.82 Å². The number of para-hydroxylation sites is 1. The van der Waals surface area contributed by atoms with E-state index in [1.54, 1.807) is 28.8 Å². The SMILES string of the molecule is Cc1cccc(-n2c(C(C)N(CCC(C)C)S(=O)(=O)c3cccc4ccccc34)nc3ccccc3c2=O)c1. The number of aromatic nitrogens is 2. The molecule has 0 fully saturated rings. The van der Waals surface area contributed by atoms with Crippen molar-refractivity contribution in [3.63, 3.8) is 0 Å². The van der Waals surface area contributed by atoms with Crippen LogP contribution in [-0.4, -0.2) is 28.8 Å². The summed E-state index contributed by atoms with van der Waals surface area (Å²) in [5.41, 5.74) is 1.97. The molecule has 0 aliphatic rings. The quantitative estimate of drug-likeness (QED) is 0.221. The van der Waals surface area contributed by atoms with Crippen LogP contribution in [0.1, 0.15) is 44.6 Å². The molecule has 1 aromatic heterocycles. The Hall–Kier alpha value is -3.81. The minimum absolute atomic E-state index is 0.223. The summed E-state index contributed by atoms with van der Waals surface area (Å²) in [6, 6.07) is 27.0. The van der Waals surface area contributed by atoms with Gasteiger partial charge in [0, 0.05) is 11.9 Å². The minimum Gasteiger partial charge on any atom is -0.268 e. The third-order valence-corrected chi connectivity index (χ3v) is 9.16. The molecular weight excluding hydrogens is 506 g/mol. The number of aryl methyl sites for hydroxylation is 1. The fourth-order valence-electron chi connectivity index (χ4n) is 5.03. The van der Waals surface area contributed by atoms with Gasteiger partial charge in [-0.05, 0) is 67.5 Å². The van der Waals surface area contributed by atoms with Crippen molar-refractivity contribution in [2.45, 2.75) is 45.1 Å². The first-order valence-electron chi connectivity index (χ1n) is 13.3. The van der Waals surface area contributed by atoms with Crippen LogP contribution in [0.4, 0.5) is 0 Å². The van der Waals surface area contributed by atoms with E-state index in [4.69, 9.17) is 4.98 Å². The van der Waals surface area contributed by atoms with Crippen molar-refractivity contribution in [2.24, 2.45) is 5.92 Å². The zero-order valence-electron chi connectivity index (χ0n) is 22.7. The van der Waals surface area contributed by atoms with Gasteiger partial charge in [0.25, 0.3) is 5.56 Å². The van der Waals surface area contributed by atoms with Gasteiger partial charge < -0.3 is 0 Å². The van der Waals surface area contributed by atoms with Gasteiger partial charge in [0.05, 0.1) is 27.5 Å². The zero-order chi connectivity index (χ0) is 27.7. The number of benzene rings is 4. The molecule has 0 aliphatic carbocycles. The molecule has 1 unspecified atom stereocenters. The molecule has 0 bridgehead atoms. The van der Waals surface area contributed by atoms with Gasteiger partial charge in [-0.3, -0.25) is 9.36 Å². The van der Waals surface area contributed by atoms with Crippen LogP contribution in [0.5, 0.6) is 0 Å². The van der Waals surface area contributed by atoms with Crippen LogP contribution < -0.4 is 5.56 Å². The molecule has 0 saturated carbocycles. The fraction of sp³-hybridized carbons (Fsp3) is 0.250. The summed E-state index contributed by atoms with van der Waals surface area (Å²) in [5, 5.41) is 2.01. The van der Waals surface area contributed by atoms with E-state index in [-0.39, 0.29) is 16.4 Å². The Kier molecular flexibility index (Phi) is 7.38. The van der Waals surface area contributed by atoms with Gasteiger partial charge in [0.15, 0.2) is 0 Å². The van der Waals surface area contributed by atoms with Crippen molar-refractivity contribution < 1.29 is 8.42 Å². The summed E-state index contributed by atoms with van der Waals surface area (Å²) in [6.07, 6.45) is 0.663. The molecule has 1 atom stereocenters. The van der Waals surface area contributed by atoms with Crippen LogP contribution in [0, 0.1) is 12.8 Å². The number of sulfonamides is 1. The maximum Gasteiger partial charge on any atom is 0.266 e. The Labute approximate surface area is 229 Å². The van der Waals surface area contributed by atoms with Gasteiger partial charge in [-0.2, -0.15) is 4.31 Å². The summed E-state index contributed by atoms with van der Waals surface area (Å²) in [6.45, 7) is 8.23. The lowest BCUT2D eigenvalue weighted by Crippen LogP contribution is -2.38. The van der Waals surface area contributed by atoms with Crippen LogP contribution in [-0.2, 0) is 10.0 Å². The van der Waals surface area contributed by atoms with Crippen LogP contribution in [0.3, 0.4) is 0 Å². The topological polar surface area (TPSA) is 72.3 Å². The number of fused-ring (bicyclic) bond motifs is 2. The molecule has 0 saturated heterocycles. The number of rotatable bonds is 8. The van der Waals surface area contributed by atoms with E-state index in [1.165, 1.54) is 4.31 Å². The van der Waals surface area contributed by atoms with E-state index in [1.807, 2.05) is 80.6 Å². The molecule has 39 heavy (non-hydrogen) atoms. The smallest absolute Gasteiger partial charge is 0.266 e. The normalized spacial score (nSPS) is 13.0. The molecule has 0 aliphatic heterocycles. The molecule has 0 amide bonds. The summed E-state index contributed by atoms with van der Waals surface area (Å²) in [4.78, 5) is 19.1. The van der Waals surface area contributed by atoms with E-state index in [2.05, 4.69) is 13.8 Å². The standard InChI is InChI=1S/C32H33N3O3S/c1-22(2)19-20-34(39(37,38)30-18-10-13-25-12-5-6-15-27(25)30)24(4)31-33-29-17-8-7-16-28(29)32(36)35(31)26-14-9-11-23(3)21-26/h5-18,21-22,24H,19-20H2,1-4H3. The summed E-state index contributed by atoms with van der Waals surface area (Å²) >= 11 is 0. The van der Waals surface area contributed by atoms with E-state index in [0.29, 0.717) is 40.8 Å². The highest BCUT2D eigenvalue weighted by Crippen LogP contribution is 2.32. The first-order valence-corrected chi connectivity index (χ1v) is 14.7. The van der Waals surface area contributed by atoms with Crippen molar-refractivity contribution in [1.29, 1.82) is 0 Å². The van der Waals surface area contributed by atoms with Crippen molar-refractivity contribution in [3.05, 3.63) is 113 Å². The van der Waals surface area contributed by atoms with Crippen LogP contribution >= 0.6 is 0 Å². The van der Waals surface area contributed by atoms with Gasteiger partial charge in [-0.1, -0.05) is 74.5 Å². The van der Waals surface area contributed by atoms with E-state index in [9.17, 15) is 13.2 Å². The molecule has 0 spiro atoms. The molecule has 200 valence electrons. The lowest BCUT2D eigenvalue weighted by Gasteiger charge is -2.30. The predicted octanol–water partition coefficient (Wildman–Crippen LogP) is 6.65. The maximum atomic E-state index is 14.4. The summed E-state index contributed by atoms with van der Waals surface area (Å²) < 4.78 is 32.0. The summed E-state index contributed by atoms with van der Waals surface area (Å²) in [5.74, 6) is 0.669. The second-order valence-electron chi connectivity index (χ2n) is 10.4. The largest absolute Gasteiger partial charge is 0.268 e. The van der Waals surface area contributed by atoms with Crippen LogP contribution in [0.2, 0.25) is 0 Å². The van der Waals surface area contributed by atoms with Crippen LogP contribution in [0.25, 0.3) is 27.4 Å². The third kappa shape index (κ3) is 5.12. The third-order valence-electron chi connectivity index (χ3n) is 7.13. The highest BCUT2D eigenvalue weighted by Gasteiger charge is 2.34. The van der Waals surface area contributed by atoms with Gasteiger partial charge >= 0.3 is 0 Å². The molecular formula is C32H33N3O3S. The lowest BCUT2D eigenvalue weighted by molar-refractivity contribution is 0.309. The Bertz CT molecular complexity index is 1820. The molecule has 6 nitrogen and oxygen atoms in total. The average Bonchev–Trinajstić information content (AvgIpc) is 2.92. The summed E-state index contributed by atoms with van der Waals surface area (Å²) in [7, 11) is -3.97.